The fourth-order valence-corrected chi connectivity index (χ4v) is 2.15. The van der Waals surface area contributed by atoms with Crippen molar-refractivity contribution in [1.29, 1.82) is 0 Å². The van der Waals surface area contributed by atoms with Gasteiger partial charge in [-0.15, -0.1) is 11.8 Å². The number of halogens is 1. The van der Waals surface area contributed by atoms with Gasteiger partial charge in [0.05, 0.1) is 12.7 Å². The molecule has 3 nitrogen and oxygen atoms in total. The Kier molecular flexibility index (Phi) is 4.63. The van der Waals surface area contributed by atoms with Crippen molar-refractivity contribution in [1.82, 2.24) is 0 Å². The summed E-state index contributed by atoms with van der Waals surface area (Å²) in [5.41, 5.74) is 0.974. The predicted molar refractivity (Wildman–Crippen MR) is 79.1 cm³/mol. The largest absolute Gasteiger partial charge is 0.496 e. The van der Waals surface area contributed by atoms with Gasteiger partial charge in [0, 0.05) is 10.6 Å². The smallest absolute Gasteiger partial charge is 0.259 e. The molecule has 1 amide bonds. The van der Waals surface area contributed by atoms with Gasteiger partial charge in [0.2, 0.25) is 0 Å². The van der Waals surface area contributed by atoms with Crippen LogP contribution in [0.15, 0.2) is 47.4 Å². The molecule has 0 aliphatic rings. The number of benzene rings is 2. The third-order valence-corrected chi connectivity index (χ3v) is 3.48. The highest BCUT2D eigenvalue weighted by atomic mass is 32.2. The first-order valence-corrected chi connectivity index (χ1v) is 7.15. The summed E-state index contributed by atoms with van der Waals surface area (Å²) in [5, 5.41) is 2.71. The molecule has 0 atom stereocenters. The van der Waals surface area contributed by atoms with Crippen LogP contribution in [0, 0.1) is 5.82 Å². The molecule has 0 saturated heterocycles. The number of carbonyl (C=O) groups is 1. The number of anilines is 1. The van der Waals surface area contributed by atoms with Crippen molar-refractivity contribution >= 4 is 23.4 Å². The van der Waals surface area contributed by atoms with E-state index >= 15 is 0 Å². The first kappa shape index (κ1) is 14.4. The molecular formula is C15H14FNO2S. The van der Waals surface area contributed by atoms with Crippen molar-refractivity contribution in [2.75, 3.05) is 18.7 Å². The number of hydrogen-bond acceptors (Lipinski definition) is 3. The van der Waals surface area contributed by atoms with Crippen LogP contribution in [0.2, 0.25) is 0 Å². The van der Waals surface area contributed by atoms with Gasteiger partial charge in [0.15, 0.2) is 0 Å². The van der Waals surface area contributed by atoms with Crippen LogP contribution < -0.4 is 10.1 Å². The standard InChI is InChI=1S/C15H14FNO2S/c1-19-14-9-12(20-2)7-8-13(14)15(18)17-11-5-3-10(16)4-6-11/h3-9H,1-2H3,(H,17,18). The maximum atomic E-state index is 12.8. The average Bonchev–Trinajstić information content (AvgIpc) is 2.48. The molecule has 0 aliphatic heterocycles. The van der Waals surface area contributed by atoms with Crippen LogP contribution in [0.5, 0.6) is 5.75 Å². The fraction of sp³-hybridized carbons (Fsp3) is 0.133. The van der Waals surface area contributed by atoms with Crippen LogP contribution in [0.3, 0.4) is 0 Å². The summed E-state index contributed by atoms with van der Waals surface area (Å²) in [4.78, 5) is 13.2. The van der Waals surface area contributed by atoms with Crippen molar-refractivity contribution in [3.05, 3.63) is 53.8 Å². The number of thioether (sulfide) groups is 1. The summed E-state index contributed by atoms with van der Waals surface area (Å²) < 4.78 is 18.0. The fourth-order valence-electron chi connectivity index (χ4n) is 1.72. The summed E-state index contributed by atoms with van der Waals surface area (Å²) in [6, 6.07) is 11.0. The minimum Gasteiger partial charge on any atom is -0.496 e. The van der Waals surface area contributed by atoms with E-state index in [2.05, 4.69) is 5.32 Å². The number of nitrogens with one attached hydrogen (secondary N) is 1. The van der Waals surface area contributed by atoms with E-state index in [0.717, 1.165) is 4.90 Å². The number of amides is 1. The van der Waals surface area contributed by atoms with E-state index in [-0.39, 0.29) is 11.7 Å². The number of carbonyl (C=O) groups excluding carboxylic acids is 1. The van der Waals surface area contributed by atoms with E-state index < -0.39 is 0 Å². The van der Waals surface area contributed by atoms with Crippen LogP contribution in [-0.2, 0) is 0 Å². The first-order chi connectivity index (χ1) is 9.63. The third-order valence-electron chi connectivity index (χ3n) is 2.76. The van der Waals surface area contributed by atoms with E-state index in [0.29, 0.717) is 17.0 Å². The third kappa shape index (κ3) is 3.30. The summed E-state index contributed by atoms with van der Waals surface area (Å²) in [6.07, 6.45) is 1.95. The lowest BCUT2D eigenvalue weighted by Gasteiger charge is -2.10. The Labute approximate surface area is 121 Å². The normalized spacial score (nSPS) is 10.2. The van der Waals surface area contributed by atoms with Gasteiger partial charge in [-0.2, -0.15) is 0 Å². The van der Waals surface area contributed by atoms with Gasteiger partial charge in [-0.25, -0.2) is 4.39 Å². The minimum absolute atomic E-state index is 0.291. The van der Waals surface area contributed by atoms with Crippen molar-refractivity contribution in [2.24, 2.45) is 0 Å². The van der Waals surface area contributed by atoms with E-state index in [1.54, 1.807) is 17.8 Å². The molecule has 0 spiro atoms. The maximum absolute atomic E-state index is 12.8. The number of methoxy groups -OCH3 is 1. The highest BCUT2D eigenvalue weighted by Gasteiger charge is 2.13. The molecule has 104 valence electrons. The second-order valence-corrected chi connectivity index (χ2v) is 4.91. The maximum Gasteiger partial charge on any atom is 0.259 e. The Morgan fingerprint density at radius 2 is 1.90 bits per heavy atom. The van der Waals surface area contributed by atoms with E-state index in [1.165, 1.54) is 31.4 Å². The topological polar surface area (TPSA) is 38.3 Å². The molecule has 0 bridgehead atoms. The van der Waals surface area contributed by atoms with Gasteiger partial charge in [-0.1, -0.05) is 0 Å². The van der Waals surface area contributed by atoms with E-state index in [1.807, 2.05) is 18.4 Å². The number of rotatable bonds is 4. The Hall–Kier alpha value is -2.01. The van der Waals surface area contributed by atoms with Gasteiger partial charge in [-0.05, 0) is 48.7 Å². The molecule has 2 aromatic carbocycles. The quantitative estimate of drug-likeness (QED) is 0.871. The van der Waals surface area contributed by atoms with Gasteiger partial charge >= 0.3 is 0 Å². The summed E-state index contributed by atoms with van der Waals surface area (Å²) in [7, 11) is 1.52. The molecule has 0 unspecified atom stereocenters. The predicted octanol–water partition coefficient (Wildman–Crippen LogP) is 3.81. The second kappa shape index (κ2) is 6.43. The van der Waals surface area contributed by atoms with Crippen LogP contribution in [0.4, 0.5) is 10.1 Å². The molecule has 0 aliphatic carbocycles. The summed E-state index contributed by atoms with van der Waals surface area (Å²) >= 11 is 1.57. The van der Waals surface area contributed by atoms with Crippen molar-refractivity contribution in [3.8, 4) is 5.75 Å². The molecule has 0 saturated carbocycles. The molecule has 20 heavy (non-hydrogen) atoms. The highest BCUT2D eigenvalue weighted by Crippen LogP contribution is 2.26. The molecule has 1 N–H and O–H groups in total. The molecule has 0 heterocycles. The monoisotopic (exact) mass is 291 g/mol. The van der Waals surface area contributed by atoms with Crippen molar-refractivity contribution in [2.45, 2.75) is 4.90 Å². The molecular weight excluding hydrogens is 277 g/mol. The lowest BCUT2D eigenvalue weighted by molar-refractivity contribution is 0.102. The zero-order valence-electron chi connectivity index (χ0n) is 11.1. The van der Waals surface area contributed by atoms with Crippen LogP contribution in [0.1, 0.15) is 10.4 Å². The zero-order valence-corrected chi connectivity index (χ0v) is 12.0. The number of hydrogen-bond donors (Lipinski definition) is 1. The number of ether oxygens (including phenoxy) is 1. The van der Waals surface area contributed by atoms with Crippen molar-refractivity contribution < 1.29 is 13.9 Å². The Bertz CT molecular complexity index is 614. The Morgan fingerprint density at radius 3 is 2.50 bits per heavy atom. The molecule has 2 aromatic rings. The summed E-state index contributed by atoms with van der Waals surface area (Å²) in [6.45, 7) is 0. The van der Waals surface area contributed by atoms with Crippen LogP contribution >= 0.6 is 11.8 Å². The van der Waals surface area contributed by atoms with Crippen LogP contribution in [-0.4, -0.2) is 19.3 Å². The summed E-state index contributed by atoms with van der Waals surface area (Å²) in [5.74, 6) is -0.123. The lowest BCUT2D eigenvalue weighted by Crippen LogP contribution is -2.13. The van der Waals surface area contributed by atoms with Gasteiger partial charge in [-0.3, -0.25) is 4.79 Å². The van der Waals surface area contributed by atoms with Gasteiger partial charge in [0.25, 0.3) is 5.91 Å². The van der Waals surface area contributed by atoms with Crippen molar-refractivity contribution in [3.63, 3.8) is 0 Å². The average molecular weight is 291 g/mol. The molecule has 5 heteroatoms. The first-order valence-electron chi connectivity index (χ1n) is 5.93. The highest BCUT2D eigenvalue weighted by molar-refractivity contribution is 7.98. The Balaban J connectivity index is 2.22. The molecule has 0 aromatic heterocycles. The van der Waals surface area contributed by atoms with E-state index in [9.17, 15) is 9.18 Å². The molecule has 2 rings (SSSR count). The zero-order chi connectivity index (χ0) is 14.5. The second-order valence-electron chi connectivity index (χ2n) is 4.03. The Morgan fingerprint density at radius 1 is 1.20 bits per heavy atom. The molecule has 0 fully saturated rings. The van der Waals surface area contributed by atoms with Gasteiger partial charge < -0.3 is 10.1 Å². The van der Waals surface area contributed by atoms with Gasteiger partial charge in [0.1, 0.15) is 11.6 Å². The lowest BCUT2D eigenvalue weighted by atomic mass is 10.2. The SMILES string of the molecule is COc1cc(SC)ccc1C(=O)Nc1ccc(F)cc1. The van der Waals surface area contributed by atoms with E-state index in [4.69, 9.17) is 4.74 Å². The minimum atomic E-state index is -0.343. The molecule has 0 radical (unpaired) electrons. The van der Waals surface area contributed by atoms with Crippen LogP contribution in [0.25, 0.3) is 0 Å².